The molecule has 2 aliphatic rings. The summed E-state index contributed by atoms with van der Waals surface area (Å²) in [5.41, 5.74) is 0.621. The second-order valence-corrected chi connectivity index (χ2v) is 8.29. The number of nitrogens with zero attached hydrogens (tertiary/aromatic N) is 1. The van der Waals surface area contributed by atoms with E-state index >= 15 is 0 Å². The standard InChI is InChI=1S/C17H24N2O3S/c1-17(2,3)16(21)19-10-23-9-13(19)15(20)18-12-5-4-6-14-11(12)7-8-22-14/h7-8,12-13H,4-6,9-10H2,1-3H3,(H,18,20)/t12-,13-/m1/s1. The van der Waals surface area contributed by atoms with Gasteiger partial charge in [0.2, 0.25) is 11.8 Å². The van der Waals surface area contributed by atoms with E-state index < -0.39 is 5.41 Å². The summed E-state index contributed by atoms with van der Waals surface area (Å²) in [6.07, 6.45) is 4.56. The number of furan rings is 1. The van der Waals surface area contributed by atoms with Crippen molar-refractivity contribution in [3.05, 3.63) is 23.7 Å². The van der Waals surface area contributed by atoms with Crippen molar-refractivity contribution in [1.82, 2.24) is 10.2 Å². The number of fused-ring (bicyclic) bond motifs is 1. The molecule has 0 radical (unpaired) electrons. The lowest BCUT2D eigenvalue weighted by molar-refractivity contribution is -0.144. The van der Waals surface area contributed by atoms with Crippen LogP contribution in [0, 0.1) is 5.41 Å². The normalized spacial score (nSPS) is 24.4. The Bertz CT molecular complexity index is 605. The molecule has 3 rings (SSSR count). The van der Waals surface area contributed by atoms with Gasteiger partial charge in [0.1, 0.15) is 11.8 Å². The summed E-state index contributed by atoms with van der Waals surface area (Å²) < 4.78 is 5.48. The predicted octanol–water partition coefficient (Wildman–Crippen LogP) is 2.72. The molecule has 1 aromatic heterocycles. The van der Waals surface area contributed by atoms with Crippen molar-refractivity contribution in [2.45, 2.75) is 52.1 Å². The molecule has 2 heterocycles. The largest absolute Gasteiger partial charge is 0.469 e. The average molecular weight is 336 g/mol. The molecule has 2 amide bonds. The molecular formula is C17H24N2O3S. The Morgan fingerprint density at radius 3 is 2.91 bits per heavy atom. The van der Waals surface area contributed by atoms with Crippen LogP contribution in [0.1, 0.15) is 51.0 Å². The SMILES string of the molecule is CC(C)(C)C(=O)N1CSC[C@@H]1C(=O)N[C@@H]1CCCc2occc21. The smallest absolute Gasteiger partial charge is 0.244 e. The Morgan fingerprint density at radius 1 is 1.39 bits per heavy atom. The number of carbonyl (C=O) groups is 2. The average Bonchev–Trinajstić information content (AvgIpc) is 3.14. The number of aryl methyl sites for hydroxylation is 1. The maximum absolute atomic E-state index is 12.7. The third-order valence-corrected chi connectivity index (χ3v) is 5.47. The zero-order chi connectivity index (χ0) is 16.6. The molecule has 5 nitrogen and oxygen atoms in total. The number of amides is 2. The third kappa shape index (κ3) is 3.27. The fourth-order valence-corrected chi connectivity index (χ4v) is 4.35. The number of hydrogen-bond acceptors (Lipinski definition) is 4. The molecule has 6 heteroatoms. The molecule has 0 saturated carbocycles. The van der Waals surface area contributed by atoms with Crippen molar-refractivity contribution in [3.63, 3.8) is 0 Å². The van der Waals surface area contributed by atoms with Crippen molar-refractivity contribution in [1.29, 1.82) is 0 Å². The third-order valence-electron chi connectivity index (χ3n) is 4.46. The summed E-state index contributed by atoms with van der Waals surface area (Å²) in [7, 11) is 0. The molecule has 1 N–H and O–H groups in total. The van der Waals surface area contributed by atoms with E-state index in [4.69, 9.17) is 4.42 Å². The lowest BCUT2D eigenvalue weighted by atomic mass is 9.92. The van der Waals surface area contributed by atoms with Crippen LogP contribution in [0.25, 0.3) is 0 Å². The van der Waals surface area contributed by atoms with Crippen LogP contribution in [0.4, 0.5) is 0 Å². The Hall–Kier alpha value is -1.43. The summed E-state index contributed by atoms with van der Waals surface area (Å²) >= 11 is 1.64. The van der Waals surface area contributed by atoms with Crippen molar-refractivity contribution < 1.29 is 14.0 Å². The number of thioether (sulfide) groups is 1. The fraction of sp³-hybridized carbons (Fsp3) is 0.647. The molecule has 1 saturated heterocycles. The van der Waals surface area contributed by atoms with E-state index in [2.05, 4.69) is 5.32 Å². The van der Waals surface area contributed by atoms with Gasteiger partial charge in [0, 0.05) is 23.2 Å². The highest BCUT2D eigenvalue weighted by atomic mass is 32.2. The number of carbonyl (C=O) groups excluding carboxylic acids is 2. The van der Waals surface area contributed by atoms with E-state index in [1.165, 1.54) is 0 Å². The first-order valence-corrected chi connectivity index (χ1v) is 9.29. The summed E-state index contributed by atoms with van der Waals surface area (Å²) in [6.45, 7) is 5.69. The number of hydrogen-bond donors (Lipinski definition) is 1. The molecule has 23 heavy (non-hydrogen) atoms. The van der Waals surface area contributed by atoms with Gasteiger partial charge in [0.05, 0.1) is 18.2 Å². The first kappa shape index (κ1) is 16.4. The fourth-order valence-electron chi connectivity index (χ4n) is 3.20. The van der Waals surface area contributed by atoms with Crippen LogP contribution in [-0.4, -0.2) is 34.4 Å². The molecule has 0 bridgehead atoms. The molecule has 1 aromatic rings. The van der Waals surface area contributed by atoms with Crippen molar-refractivity contribution in [2.75, 3.05) is 11.6 Å². The molecule has 0 aromatic carbocycles. The van der Waals surface area contributed by atoms with Crippen molar-refractivity contribution in [3.8, 4) is 0 Å². The predicted molar refractivity (Wildman–Crippen MR) is 89.9 cm³/mol. The maximum Gasteiger partial charge on any atom is 0.244 e. The minimum atomic E-state index is -0.466. The van der Waals surface area contributed by atoms with Gasteiger partial charge in [0.25, 0.3) is 0 Å². The minimum Gasteiger partial charge on any atom is -0.469 e. The van der Waals surface area contributed by atoms with E-state index in [1.807, 2.05) is 26.8 Å². The van der Waals surface area contributed by atoms with E-state index in [9.17, 15) is 9.59 Å². The highest BCUT2D eigenvalue weighted by Gasteiger charge is 2.39. The zero-order valence-corrected chi connectivity index (χ0v) is 14.7. The zero-order valence-electron chi connectivity index (χ0n) is 13.9. The Labute approximate surface area is 141 Å². The van der Waals surface area contributed by atoms with Crippen LogP contribution in [-0.2, 0) is 16.0 Å². The Morgan fingerprint density at radius 2 is 2.17 bits per heavy atom. The Kier molecular flexibility index (Phi) is 4.45. The monoisotopic (exact) mass is 336 g/mol. The van der Waals surface area contributed by atoms with E-state index in [-0.39, 0.29) is 23.9 Å². The van der Waals surface area contributed by atoms with Crippen LogP contribution < -0.4 is 5.32 Å². The highest BCUT2D eigenvalue weighted by Crippen LogP contribution is 2.32. The summed E-state index contributed by atoms with van der Waals surface area (Å²) in [5.74, 6) is 2.22. The van der Waals surface area contributed by atoms with Crippen LogP contribution in [0.15, 0.2) is 16.7 Å². The summed E-state index contributed by atoms with van der Waals surface area (Å²) in [6, 6.07) is 1.58. The van der Waals surface area contributed by atoms with E-state index in [0.29, 0.717) is 11.6 Å². The number of rotatable bonds is 2. The second kappa shape index (κ2) is 6.23. The van der Waals surface area contributed by atoms with E-state index in [0.717, 1.165) is 30.6 Å². The molecule has 0 spiro atoms. The van der Waals surface area contributed by atoms with Gasteiger partial charge < -0.3 is 14.6 Å². The van der Waals surface area contributed by atoms with Gasteiger partial charge in [-0.1, -0.05) is 20.8 Å². The molecule has 1 aliphatic heterocycles. The van der Waals surface area contributed by atoms with Gasteiger partial charge in [-0.2, -0.15) is 0 Å². The quantitative estimate of drug-likeness (QED) is 0.902. The second-order valence-electron chi connectivity index (χ2n) is 7.29. The summed E-state index contributed by atoms with van der Waals surface area (Å²) in [4.78, 5) is 27.0. The summed E-state index contributed by atoms with van der Waals surface area (Å²) in [5, 5.41) is 3.13. The van der Waals surface area contributed by atoms with Crippen LogP contribution in [0.2, 0.25) is 0 Å². The van der Waals surface area contributed by atoms with Crippen LogP contribution in [0.3, 0.4) is 0 Å². The van der Waals surface area contributed by atoms with Gasteiger partial charge >= 0.3 is 0 Å². The lowest BCUT2D eigenvalue weighted by Gasteiger charge is -2.31. The Balaban J connectivity index is 1.70. The first-order chi connectivity index (χ1) is 10.9. The van der Waals surface area contributed by atoms with E-state index in [1.54, 1.807) is 22.9 Å². The molecule has 126 valence electrons. The van der Waals surface area contributed by atoms with Gasteiger partial charge in [-0.25, -0.2) is 0 Å². The van der Waals surface area contributed by atoms with Crippen LogP contribution in [0.5, 0.6) is 0 Å². The molecule has 0 unspecified atom stereocenters. The number of nitrogens with one attached hydrogen (secondary N) is 1. The lowest BCUT2D eigenvalue weighted by Crippen LogP contribution is -2.51. The highest BCUT2D eigenvalue weighted by molar-refractivity contribution is 7.99. The molecule has 2 atom stereocenters. The minimum absolute atomic E-state index is 0.00203. The topological polar surface area (TPSA) is 62.6 Å². The van der Waals surface area contributed by atoms with Crippen LogP contribution >= 0.6 is 11.8 Å². The van der Waals surface area contributed by atoms with Crippen molar-refractivity contribution in [2.24, 2.45) is 5.41 Å². The first-order valence-electron chi connectivity index (χ1n) is 8.13. The van der Waals surface area contributed by atoms with Gasteiger partial charge in [-0.05, 0) is 18.9 Å². The molecule has 1 fully saturated rings. The maximum atomic E-state index is 12.7. The molecular weight excluding hydrogens is 312 g/mol. The van der Waals surface area contributed by atoms with Gasteiger partial charge in [-0.15, -0.1) is 11.8 Å². The van der Waals surface area contributed by atoms with Gasteiger partial charge in [-0.3, -0.25) is 9.59 Å². The van der Waals surface area contributed by atoms with Crippen molar-refractivity contribution >= 4 is 23.6 Å². The molecule has 1 aliphatic carbocycles. The van der Waals surface area contributed by atoms with Gasteiger partial charge in [0.15, 0.2) is 0 Å².